The minimum Gasteiger partial charge on any atom is -0.472 e. The molecule has 136 valence electrons. The van der Waals surface area contributed by atoms with Gasteiger partial charge in [-0.3, -0.25) is 4.79 Å². The van der Waals surface area contributed by atoms with Crippen molar-refractivity contribution in [2.24, 2.45) is 0 Å². The number of furan rings is 1. The van der Waals surface area contributed by atoms with Crippen molar-refractivity contribution in [3.05, 3.63) is 59.0 Å². The molecule has 1 atom stereocenters. The number of halogens is 1. The molecule has 0 saturated heterocycles. The van der Waals surface area contributed by atoms with Gasteiger partial charge in [0, 0.05) is 23.8 Å². The van der Waals surface area contributed by atoms with Crippen molar-refractivity contribution in [1.82, 2.24) is 29.3 Å². The highest BCUT2D eigenvalue weighted by molar-refractivity contribution is 9.10. The zero-order valence-electron chi connectivity index (χ0n) is 14.4. The van der Waals surface area contributed by atoms with Crippen LogP contribution in [0.25, 0.3) is 16.9 Å². The van der Waals surface area contributed by atoms with Crippen LogP contribution in [0.1, 0.15) is 29.3 Å². The van der Waals surface area contributed by atoms with Gasteiger partial charge in [-0.05, 0) is 47.1 Å². The van der Waals surface area contributed by atoms with E-state index >= 15 is 0 Å². The lowest BCUT2D eigenvalue weighted by Crippen LogP contribution is -2.41. The van der Waals surface area contributed by atoms with E-state index < -0.39 is 0 Å². The first-order valence-electron chi connectivity index (χ1n) is 8.53. The van der Waals surface area contributed by atoms with E-state index in [1.165, 1.54) is 0 Å². The summed E-state index contributed by atoms with van der Waals surface area (Å²) >= 11 is 3.42. The number of rotatable bonds is 2. The Morgan fingerprint density at radius 1 is 1.26 bits per heavy atom. The number of hydrogen-bond donors (Lipinski definition) is 0. The number of aromatic nitrogens is 5. The molecule has 1 aliphatic heterocycles. The number of pyridine rings is 1. The highest BCUT2D eigenvalue weighted by Crippen LogP contribution is 2.29. The zero-order chi connectivity index (χ0) is 18.5. The molecule has 0 aromatic carbocycles. The largest absolute Gasteiger partial charge is 0.472 e. The Balaban J connectivity index is 1.47. The minimum absolute atomic E-state index is 0.110. The molecule has 4 aromatic heterocycles. The Morgan fingerprint density at radius 3 is 2.96 bits per heavy atom. The standard InChI is InChI=1S/C18H15BrN6O2/c1-11-16-20-21-17(12-4-7-27-10-12)24(16)6-5-23(11)18(26)15-8-14-3-2-13(19)9-25(14)22-15/h2-4,7-11H,5-6H2,1H3. The monoisotopic (exact) mass is 426 g/mol. The summed E-state index contributed by atoms with van der Waals surface area (Å²) in [6, 6.07) is 7.30. The lowest BCUT2D eigenvalue weighted by molar-refractivity contribution is 0.0632. The molecule has 9 heteroatoms. The summed E-state index contributed by atoms with van der Waals surface area (Å²) in [5.74, 6) is 1.41. The molecule has 0 fully saturated rings. The molecular formula is C18H15BrN6O2. The second-order valence-electron chi connectivity index (χ2n) is 6.47. The van der Waals surface area contributed by atoms with Crippen molar-refractivity contribution in [1.29, 1.82) is 0 Å². The first-order chi connectivity index (χ1) is 13.1. The summed E-state index contributed by atoms with van der Waals surface area (Å²) in [6.45, 7) is 3.15. The van der Waals surface area contributed by atoms with E-state index in [4.69, 9.17) is 4.42 Å². The number of carbonyl (C=O) groups excluding carboxylic acids is 1. The molecule has 27 heavy (non-hydrogen) atoms. The fraction of sp³-hybridized carbons (Fsp3) is 0.222. The molecule has 5 heterocycles. The second-order valence-corrected chi connectivity index (χ2v) is 7.38. The highest BCUT2D eigenvalue weighted by atomic mass is 79.9. The number of nitrogens with zero attached hydrogens (tertiary/aromatic N) is 6. The molecule has 8 nitrogen and oxygen atoms in total. The summed E-state index contributed by atoms with van der Waals surface area (Å²) in [5, 5.41) is 13.0. The molecule has 0 saturated carbocycles. The SMILES string of the molecule is CC1c2nnc(-c3ccoc3)n2CCN1C(=O)c1cc2ccc(Br)cn2n1. The van der Waals surface area contributed by atoms with Gasteiger partial charge in [0.15, 0.2) is 17.3 Å². The van der Waals surface area contributed by atoms with Gasteiger partial charge in [-0.15, -0.1) is 10.2 Å². The Hall–Kier alpha value is -2.94. The van der Waals surface area contributed by atoms with E-state index in [1.807, 2.05) is 35.9 Å². The minimum atomic E-state index is -0.198. The van der Waals surface area contributed by atoms with Crippen LogP contribution in [-0.4, -0.2) is 41.7 Å². The topological polar surface area (TPSA) is 81.5 Å². The van der Waals surface area contributed by atoms with E-state index in [9.17, 15) is 4.79 Å². The maximum atomic E-state index is 13.1. The molecule has 0 aliphatic carbocycles. The van der Waals surface area contributed by atoms with Gasteiger partial charge in [0.2, 0.25) is 0 Å². The molecule has 0 spiro atoms. The Bertz CT molecular complexity index is 1150. The van der Waals surface area contributed by atoms with E-state index in [2.05, 4.69) is 31.2 Å². The average molecular weight is 427 g/mol. The summed E-state index contributed by atoms with van der Waals surface area (Å²) in [6.07, 6.45) is 5.09. The van der Waals surface area contributed by atoms with Crippen LogP contribution in [0.5, 0.6) is 0 Å². The molecule has 1 aliphatic rings. The lowest BCUT2D eigenvalue weighted by Gasteiger charge is -2.33. The Kier molecular flexibility index (Phi) is 3.64. The summed E-state index contributed by atoms with van der Waals surface area (Å²) in [4.78, 5) is 14.9. The lowest BCUT2D eigenvalue weighted by atomic mass is 10.1. The van der Waals surface area contributed by atoms with Crippen LogP contribution in [-0.2, 0) is 6.54 Å². The second kappa shape index (κ2) is 6.05. The number of amides is 1. The highest BCUT2D eigenvalue weighted by Gasteiger charge is 2.33. The van der Waals surface area contributed by atoms with Crippen molar-refractivity contribution in [2.45, 2.75) is 19.5 Å². The van der Waals surface area contributed by atoms with Gasteiger partial charge in [-0.25, -0.2) is 4.52 Å². The van der Waals surface area contributed by atoms with Crippen LogP contribution in [0.15, 0.2) is 51.9 Å². The average Bonchev–Trinajstić information content (AvgIpc) is 3.39. The molecule has 0 radical (unpaired) electrons. The predicted molar refractivity (Wildman–Crippen MR) is 100 cm³/mol. The van der Waals surface area contributed by atoms with Crippen molar-refractivity contribution >= 4 is 27.4 Å². The number of fused-ring (bicyclic) bond motifs is 2. The Morgan fingerprint density at radius 2 is 2.15 bits per heavy atom. The fourth-order valence-corrected chi connectivity index (χ4v) is 3.81. The van der Waals surface area contributed by atoms with Gasteiger partial charge < -0.3 is 13.9 Å². The van der Waals surface area contributed by atoms with Crippen molar-refractivity contribution in [3.63, 3.8) is 0 Å². The summed E-state index contributed by atoms with van der Waals surface area (Å²) in [7, 11) is 0. The first-order valence-corrected chi connectivity index (χ1v) is 9.33. The van der Waals surface area contributed by atoms with Crippen LogP contribution in [0.2, 0.25) is 0 Å². The summed E-state index contributed by atoms with van der Waals surface area (Å²) < 4.78 is 9.80. The summed E-state index contributed by atoms with van der Waals surface area (Å²) in [5.41, 5.74) is 2.17. The molecule has 1 unspecified atom stereocenters. The number of carbonyl (C=O) groups is 1. The van der Waals surface area contributed by atoms with Gasteiger partial charge in [-0.1, -0.05) is 0 Å². The molecule has 0 bridgehead atoms. The van der Waals surface area contributed by atoms with Crippen LogP contribution >= 0.6 is 15.9 Å². The van der Waals surface area contributed by atoms with Crippen LogP contribution < -0.4 is 0 Å². The van der Waals surface area contributed by atoms with E-state index in [-0.39, 0.29) is 11.9 Å². The Labute approximate surface area is 162 Å². The maximum Gasteiger partial charge on any atom is 0.275 e. The predicted octanol–water partition coefficient (Wildman–Crippen LogP) is 3.17. The number of hydrogen-bond acceptors (Lipinski definition) is 5. The smallest absolute Gasteiger partial charge is 0.275 e. The van der Waals surface area contributed by atoms with Crippen LogP contribution in [0, 0.1) is 0 Å². The van der Waals surface area contributed by atoms with E-state index in [1.54, 1.807) is 28.0 Å². The first kappa shape index (κ1) is 16.2. The maximum absolute atomic E-state index is 13.1. The van der Waals surface area contributed by atoms with Crippen molar-refractivity contribution in [2.75, 3.05) is 6.54 Å². The molecule has 4 aromatic rings. The fourth-order valence-electron chi connectivity index (χ4n) is 3.48. The van der Waals surface area contributed by atoms with Crippen LogP contribution in [0.3, 0.4) is 0 Å². The van der Waals surface area contributed by atoms with Crippen LogP contribution in [0.4, 0.5) is 0 Å². The molecule has 5 rings (SSSR count). The van der Waals surface area contributed by atoms with Crippen molar-refractivity contribution < 1.29 is 9.21 Å². The molecule has 1 amide bonds. The normalized spacial score (nSPS) is 16.7. The van der Waals surface area contributed by atoms with Crippen molar-refractivity contribution in [3.8, 4) is 11.4 Å². The third kappa shape index (κ3) is 2.57. The van der Waals surface area contributed by atoms with Gasteiger partial charge >= 0.3 is 0 Å². The van der Waals surface area contributed by atoms with Gasteiger partial charge in [0.05, 0.1) is 23.4 Å². The van der Waals surface area contributed by atoms with Gasteiger partial charge in [0.1, 0.15) is 6.26 Å². The molecular weight excluding hydrogens is 412 g/mol. The quantitative estimate of drug-likeness (QED) is 0.491. The zero-order valence-corrected chi connectivity index (χ0v) is 16.0. The van der Waals surface area contributed by atoms with E-state index in [0.717, 1.165) is 27.2 Å². The molecule has 0 N–H and O–H groups in total. The van der Waals surface area contributed by atoms with E-state index in [0.29, 0.717) is 18.8 Å². The third-order valence-corrected chi connectivity index (χ3v) is 5.34. The third-order valence-electron chi connectivity index (χ3n) is 4.87. The van der Waals surface area contributed by atoms with Gasteiger partial charge in [0.25, 0.3) is 5.91 Å². The van der Waals surface area contributed by atoms with Gasteiger partial charge in [-0.2, -0.15) is 5.10 Å².